The molecule has 1 aromatic heterocycles. The zero-order valence-electron chi connectivity index (χ0n) is 11.5. The van der Waals surface area contributed by atoms with Crippen LogP contribution in [0.1, 0.15) is 24.2 Å². The standard InChI is InChI=1S/C15H16N2O2/c1-15(2)12(18)11-9-7-5-6-8-10(9)16(3)13(11)17(4)14(15)19/h5-8H,1-4H3. The lowest BCUT2D eigenvalue weighted by atomic mass is 9.80. The highest BCUT2D eigenvalue weighted by Crippen LogP contribution is 2.41. The first-order valence-corrected chi connectivity index (χ1v) is 6.27. The maximum atomic E-state index is 12.7. The van der Waals surface area contributed by atoms with E-state index in [1.165, 1.54) is 0 Å². The number of para-hydroxylation sites is 1. The van der Waals surface area contributed by atoms with Crippen LogP contribution in [0, 0.1) is 5.41 Å². The molecular formula is C15H16N2O2. The summed E-state index contributed by atoms with van der Waals surface area (Å²) in [5, 5.41) is 0.914. The Bertz CT molecular complexity index is 725. The van der Waals surface area contributed by atoms with E-state index in [-0.39, 0.29) is 11.7 Å². The van der Waals surface area contributed by atoms with E-state index < -0.39 is 5.41 Å². The molecule has 0 spiro atoms. The second-order valence-corrected chi connectivity index (χ2v) is 5.59. The molecule has 2 heterocycles. The zero-order valence-corrected chi connectivity index (χ0v) is 11.5. The van der Waals surface area contributed by atoms with Gasteiger partial charge in [0.2, 0.25) is 5.91 Å². The number of ketones is 1. The molecule has 1 amide bonds. The highest BCUT2D eigenvalue weighted by Gasteiger charge is 2.47. The average Bonchev–Trinajstić information content (AvgIpc) is 2.69. The van der Waals surface area contributed by atoms with Gasteiger partial charge in [0.15, 0.2) is 5.78 Å². The van der Waals surface area contributed by atoms with Crippen molar-refractivity contribution < 1.29 is 9.59 Å². The summed E-state index contributed by atoms with van der Waals surface area (Å²) in [5.41, 5.74) is 0.634. The van der Waals surface area contributed by atoms with E-state index in [0.717, 1.165) is 10.9 Å². The van der Waals surface area contributed by atoms with Crippen LogP contribution < -0.4 is 4.90 Å². The Balaban J connectivity index is 2.47. The maximum absolute atomic E-state index is 12.7. The Hall–Kier alpha value is -2.10. The lowest BCUT2D eigenvalue weighted by Gasteiger charge is -2.34. The van der Waals surface area contributed by atoms with Gasteiger partial charge in [-0.05, 0) is 19.9 Å². The molecule has 3 rings (SSSR count). The number of carbonyl (C=O) groups excluding carboxylic acids is 2. The van der Waals surface area contributed by atoms with Crippen molar-refractivity contribution in [2.24, 2.45) is 12.5 Å². The fourth-order valence-electron chi connectivity index (χ4n) is 2.92. The van der Waals surface area contributed by atoms with E-state index in [1.54, 1.807) is 25.8 Å². The molecule has 2 aromatic rings. The number of fused-ring (bicyclic) bond motifs is 3. The van der Waals surface area contributed by atoms with Crippen LogP contribution in [0.5, 0.6) is 0 Å². The maximum Gasteiger partial charge on any atom is 0.241 e. The third-order valence-corrected chi connectivity index (χ3v) is 4.03. The Morgan fingerprint density at radius 1 is 1.05 bits per heavy atom. The van der Waals surface area contributed by atoms with Crippen LogP contribution in [0.2, 0.25) is 0 Å². The third-order valence-electron chi connectivity index (χ3n) is 4.03. The van der Waals surface area contributed by atoms with Crippen molar-refractivity contribution in [3.05, 3.63) is 29.8 Å². The van der Waals surface area contributed by atoms with Gasteiger partial charge < -0.3 is 4.57 Å². The lowest BCUT2D eigenvalue weighted by Crippen LogP contribution is -2.48. The van der Waals surface area contributed by atoms with Gasteiger partial charge in [-0.25, -0.2) is 0 Å². The Kier molecular flexibility index (Phi) is 2.18. The third kappa shape index (κ3) is 1.28. The predicted molar refractivity (Wildman–Crippen MR) is 74.4 cm³/mol. The highest BCUT2D eigenvalue weighted by molar-refractivity contribution is 6.28. The molecule has 0 saturated heterocycles. The largest absolute Gasteiger partial charge is 0.330 e. The highest BCUT2D eigenvalue weighted by atomic mass is 16.2. The minimum Gasteiger partial charge on any atom is -0.330 e. The molecule has 98 valence electrons. The molecule has 19 heavy (non-hydrogen) atoms. The van der Waals surface area contributed by atoms with Gasteiger partial charge in [0.1, 0.15) is 11.2 Å². The van der Waals surface area contributed by atoms with Crippen molar-refractivity contribution in [2.45, 2.75) is 13.8 Å². The van der Waals surface area contributed by atoms with Crippen LogP contribution in [0.3, 0.4) is 0 Å². The minimum absolute atomic E-state index is 0.0950. The average molecular weight is 256 g/mol. The molecule has 0 N–H and O–H groups in total. The Labute approximate surface area is 111 Å². The molecular weight excluding hydrogens is 240 g/mol. The van der Waals surface area contributed by atoms with Gasteiger partial charge in [-0.15, -0.1) is 0 Å². The van der Waals surface area contributed by atoms with Crippen LogP contribution >= 0.6 is 0 Å². The number of aryl methyl sites for hydroxylation is 1. The molecule has 0 atom stereocenters. The molecule has 1 aliphatic heterocycles. The normalized spacial score (nSPS) is 18.0. The van der Waals surface area contributed by atoms with E-state index in [2.05, 4.69) is 0 Å². The first-order chi connectivity index (χ1) is 8.87. The molecule has 1 aliphatic rings. The monoisotopic (exact) mass is 256 g/mol. The number of hydrogen-bond donors (Lipinski definition) is 0. The van der Waals surface area contributed by atoms with Gasteiger partial charge in [0, 0.05) is 19.5 Å². The van der Waals surface area contributed by atoms with Gasteiger partial charge in [-0.2, -0.15) is 0 Å². The molecule has 0 fully saturated rings. The van der Waals surface area contributed by atoms with Crippen molar-refractivity contribution in [1.82, 2.24) is 4.57 Å². The van der Waals surface area contributed by atoms with Crippen molar-refractivity contribution in [3.63, 3.8) is 0 Å². The van der Waals surface area contributed by atoms with Crippen LogP contribution in [0.25, 0.3) is 10.9 Å². The van der Waals surface area contributed by atoms with Crippen LogP contribution in [0.15, 0.2) is 24.3 Å². The van der Waals surface area contributed by atoms with E-state index in [0.29, 0.717) is 11.4 Å². The number of benzene rings is 1. The number of aromatic nitrogens is 1. The number of anilines is 1. The van der Waals surface area contributed by atoms with Crippen LogP contribution in [0.4, 0.5) is 5.82 Å². The second-order valence-electron chi connectivity index (χ2n) is 5.59. The molecule has 0 bridgehead atoms. The molecule has 0 radical (unpaired) electrons. The first kappa shape index (κ1) is 12.0. The number of Topliss-reactive ketones (excluding diaryl/α,β-unsaturated/α-hetero) is 1. The second kappa shape index (κ2) is 3.47. The number of hydrogen-bond acceptors (Lipinski definition) is 2. The molecule has 4 heteroatoms. The van der Waals surface area contributed by atoms with Gasteiger partial charge in [0.25, 0.3) is 0 Å². The Morgan fingerprint density at radius 2 is 1.68 bits per heavy atom. The summed E-state index contributed by atoms with van der Waals surface area (Å²) in [5.74, 6) is 0.439. The van der Waals surface area contributed by atoms with Gasteiger partial charge in [0.05, 0.1) is 11.1 Å². The van der Waals surface area contributed by atoms with Crippen molar-refractivity contribution in [3.8, 4) is 0 Å². The number of carbonyl (C=O) groups is 2. The molecule has 0 unspecified atom stereocenters. The van der Waals surface area contributed by atoms with Crippen LogP contribution in [-0.2, 0) is 11.8 Å². The number of rotatable bonds is 0. The predicted octanol–water partition coefficient (Wildman–Crippen LogP) is 2.36. The van der Waals surface area contributed by atoms with E-state index in [4.69, 9.17) is 0 Å². The van der Waals surface area contributed by atoms with Crippen molar-refractivity contribution >= 4 is 28.4 Å². The molecule has 0 saturated carbocycles. The van der Waals surface area contributed by atoms with E-state index >= 15 is 0 Å². The fourth-order valence-corrected chi connectivity index (χ4v) is 2.92. The summed E-state index contributed by atoms with van der Waals surface area (Å²) in [6.07, 6.45) is 0. The summed E-state index contributed by atoms with van der Waals surface area (Å²) in [7, 11) is 3.62. The summed E-state index contributed by atoms with van der Waals surface area (Å²) < 4.78 is 1.91. The summed E-state index contributed by atoms with van der Waals surface area (Å²) in [4.78, 5) is 26.6. The smallest absolute Gasteiger partial charge is 0.241 e. The van der Waals surface area contributed by atoms with Crippen molar-refractivity contribution in [1.29, 1.82) is 0 Å². The Morgan fingerprint density at radius 3 is 2.37 bits per heavy atom. The van der Waals surface area contributed by atoms with Crippen LogP contribution in [-0.4, -0.2) is 23.3 Å². The molecule has 4 nitrogen and oxygen atoms in total. The molecule has 0 aliphatic carbocycles. The number of amides is 1. The summed E-state index contributed by atoms with van der Waals surface area (Å²) in [6.45, 7) is 3.39. The van der Waals surface area contributed by atoms with E-state index in [1.807, 2.05) is 35.9 Å². The van der Waals surface area contributed by atoms with Gasteiger partial charge in [-0.3, -0.25) is 14.5 Å². The van der Waals surface area contributed by atoms with Crippen molar-refractivity contribution in [2.75, 3.05) is 11.9 Å². The number of nitrogens with zero attached hydrogens (tertiary/aromatic N) is 2. The topological polar surface area (TPSA) is 42.3 Å². The first-order valence-electron chi connectivity index (χ1n) is 6.27. The SMILES string of the molecule is CN1C(=O)C(C)(C)C(=O)c2c1n(C)c1ccccc21. The molecule has 1 aromatic carbocycles. The quantitative estimate of drug-likeness (QED) is 0.679. The summed E-state index contributed by atoms with van der Waals surface area (Å²) in [6, 6.07) is 7.75. The van der Waals surface area contributed by atoms with Gasteiger partial charge in [-0.1, -0.05) is 18.2 Å². The lowest BCUT2D eigenvalue weighted by molar-refractivity contribution is -0.124. The minimum atomic E-state index is -0.994. The zero-order chi connectivity index (χ0) is 13.9. The fraction of sp³-hybridized carbons (Fsp3) is 0.333. The van der Waals surface area contributed by atoms with E-state index in [9.17, 15) is 9.59 Å². The van der Waals surface area contributed by atoms with Gasteiger partial charge >= 0.3 is 0 Å². The summed E-state index contributed by atoms with van der Waals surface area (Å²) >= 11 is 0.